The Kier molecular flexibility index (Phi) is 5.56. The predicted molar refractivity (Wildman–Crippen MR) is 98.9 cm³/mol. The molecule has 1 aliphatic rings. The van der Waals surface area contributed by atoms with E-state index in [0.717, 1.165) is 43.2 Å². The Morgan fingerprint density at radius 1 is 1.12 bits per heavy atom. The minimum atomic E-state index is 0.163. The average Bonchev–Trinajstić information content (AvgIpc) is 2.60. The second-order valence-electron chi connectivity index (χ2n) is 7.15. The van der Waals surface area contributed by atoms with E-state index in [1.54, 1.807) is 19.5 Å². The number of ether oxygens (including phenoxy) is 2. The number of nitrogens with zero attached hydrogens (tertiary/aromatic N) is 2. The summed E-state index contributed by atoms with van der Waals surface area (Å²) in [6, 6.07) is 10.1. The molecular weight excluding hydrogens is 314 g/mol. The SMILES string of the molecule is COc1cc(CN2CCNC(C)(C)C2)ccc1OCc1ccncc1. The normalized spacial score (nSPS) is 17.2. The molecule has 1 saturated heterocycles. The van der Waals surface area contributed by atoms with Crippen LogP contribution in [0.3, 0.4) is 0 Å². The first-order valence-corrected chi connectivity index (χ1v) is 8.72. The number of rotatable bonds is 6. The number of piperazine rings is 1. The Balaban J connectivity index is 1.65. The zero-order chi connectivity index (χ0) is 17.7. The Labute approximate surface area is 150 Å². The monoisotopic (exact) mass is 341 g/mol. The van der Waals surface area contributed by atoms with E-state index in [1.807, 2.05) is 18.2 Å². The molecule has 2 heterocycles. The summed E-state index contributed by atoms with van der Waals surface area (Å²) < 4.78 is 11.5. The standard InChI is InChI=1S/C20H27N3O2/c1-20(2)15-23(11-10-22-20)13-17-4-5-18(19(12-17)24-3)25-14-16-6-8-21-9-7-16/h4-9,12,22H,10-11,13-15H2,1-3H3. The lowest BCUT2D eigenvalue weighted by molar-refractivity contribution is 0.148. The highest BCUT2D eigenvalue weighted by Gasteiger charge is 2.25. The quantitative estimate of drug-likeness (QED) is 0.875. The van der Waals surface area contributed by atoms with Gasteiger partial charge in [0.1, 0.15) is 6.61 Å². The summed E-state index contributed by atoms with van der Waals surface area (Å²) in [7, 11) is 1.69. The third-order valence-corrected chi connectivity index (χ3v) is 4.43. The summed E-state index contributed by atoms with van der Waals surface area (Å²) in [4.78, 5) is 6.50. The number of nitrogens with one attached hydrogen (secondary N) is 1. The van der Waals surface area contributed by atoms with Crippen molar-refractivity contribution in [2.45, 2.75) is 32.5 Å². The highest BCUT2D eigenvalue weighted by atomic mass is 16.5. The Bertz CT molecular complexity index is 689. The Hall–Kier alpha value is -2.11. The van der Waals surface area contributed by atoms with E-state index in [4.69, 9.17) is 9.47 Å². The maximum atomic E-state index is 5.92. The molecule has 0 unspecified atom stereocenters. The van der Waals surface area contributed by atoms with Crippen LogP contribution in [0.25, 0.3) is 0 Å². The van der Waals surface area contributed by atoms with E-state index in [2.05, 4.69) is 41.2 Å². The van der Waals surface area contributed by atoms with Crippen LogP contribution in [0.15, 0.2) is 42.7 Å². The Morgan fingerprint density at radius 2 is 1.92 bits per heavy atom. The van der Waals surface area contributed by atoms with Gasteiger partial charge in [-0.3, -0.25) is 9.88 Å². The molecule has 25 heavy (non-hydrogen) atoms. The van der Waals surface area contributed by atoms with Crippen LogP contribution >= 0.6 is 0 Å². The van der Waals surface area contributed by atoms with Crippen LogP contribution in [-0.4, -0.2) is 42.2 Å². The van der Waals surface area contributed by atoms with Gasteiger partial charge in [-0.2, -0.15) is 0 Å². The van der Waals surface area contributed by atoms with Crippen LogP contribution in [0.1, 0.15) is 25.0 Å². The first-order chi connectivity index (χ1) is 12.1. The van der Waals surface area contributed by atoms with Gasteiger partial charge in [-0.05, 0) is 49.2 Å². The molecule has 0 atom stereocenters. The summed E-state index contributed by atoms with van der Waals surface area (Å²) in [5.74, 6) is 1.55. The van der Waals surface area contributed by atoms with Crippen molar-refractivity contribution in [2.75, 3.05) is 26.7 Å². The minimum Gasteiger partial charge on any atom is -0.493 e. The van der Waals surface area contributed by atoms with Crippen molar-refractivity contribution >= 4 is 0 Å². The van der Waals surface area contributed by atoms with Gasteiger partial charge in [0.2, 0.25) is 0 Å². The lowest BCUT2D eigenvalue weighted by atomic mass is 10.0. The fourth-order valence-corrected chi connectivity index (χ4v) is 3.21. The molecule has 3 rings (SSSR count). The first-order valence-electron chi connectivity index (χ1n) is 8.72. The van der Waals surface area contributed by atoms with Gasteiger partial charge in [-0.25, -0.2) is 0 Å². The highest BCUT2D eigenvalue weighted by molar-refractivity contribution is 5.43. The van der Waals surface area contributed by atoms with Gasteiger partial charge in [-0.1, -0.05) is 6.07 Å². The number of pyridine rings is 1. The van der Waals surface area contributed by atoms with Crippen LogP contribution in [0, 0.1) is 0 Å². The van der Waals surface area contributed by atoms with Crippen molar-refractivity contribution in [3.63, 3.8) is 0 Å². The Morgan fingerprint density at radius 3 is 2.64 bits per heavy atom. The van der Waals surface area contributed by atoms with Crippen molar-refractivity contribution in [1.29, 1.82) is 0 Å². The molecule has 5 nitrogen and oxygen atoms in total. The summed E-state index contributed by atoms with van der Waals surface area (Å²) in [5, 5.41) is 3.55. The predicted octanol–water partition coefficient (Wildman–Crippen LogP) is 2.85. The highest BCUT2D eigenvalue weighted by Crippen LogP contribution is 2.29. The summed E-state index contributed by atoms with van der Waals surface area (Å²) in [6.07, 6.45) is 3.54. The second-order valence-corrected chi connectivity index (χ2v) is 7.15. The van der Waals surface area contributed by atoms with Crippen LogP contribution in [0.5, 0.6) is 11.5 Å². The average molecular weight is 341 g/mol. The minimum absolute atomic E-state index is 0.163. The summed E-state index contributed by atoms with van der Waals surface area (Å²) >= 11 is 0. The smallest absolute Gasteiger partial charge is 0.161 e. The van der Waals surface area contributed by atoms with Crippen LogP contribution in [0.2, 0.25) is 0 Å². The second kappa shape index (κ2) is 7.85. The molecule has 0 spiro atoms. The molecule has 0 radical (unpaired) electrons. The van der Waals surface area contributed by atoms with Gasteiger partial charge in [0.25, 0.3) is 0 Å². The van der Waals surface area contributed by atoms with E-state index in [0.29, 0.717) is 6.61 Å². The third-order valence-electron chi connectivity index (χ3n) is 4.43. The number of benzene rings is 1. The molecule has 0 saturated carbocycles. The first kappa shape index (κ1) is 17.7. The third kappa shape index (κ3) is 4.94. The molecule has 1 N–H and O–H groups in total. The molecule has 134 valence electrons. The van der Waals surface area contributed by atoms with Crippen molar-refractivity contribution in [3.8, 4) is 11.5 Å². The van der Waals surface area contributed by atoms with Crippen LogP contribution in [0.4, 0.5) is 0 Å². The van der Waals surface area contributed by atoms with E-state index >= 15 is 0 Å². The maximum absolute atomic E-state index is 5.92. The molecule has 1 aromatic carbocycles. The number of methoxy groups -OCH3 is 1. The number of hydrogen-bond donors (Lipinski definition) is 1. The van der Waals surface area contributed by atoms with Crippen molar-refractivity contribution < 1.29 is 9.47 Å². The maximum Gasteiger partial charge on any atom is 0.161 e. The summed E-state index contributed by atoms with van der Waals surface area (Å²) in [5.41, 5.74) is 2.49. The van der Waals surface area contributed by atoms with Gasteiger partial charge < -0.3 is 14.8 Å². The van der Waals surface area contributed by atoms with Crippen LogP contribution in [-0.2, 0) is 13.2 Å². The molecule has 1 aromatic heterocycles. The zero-order valence-electron chi connectivity index (χ0n) is 15.3. The van der Waals surface area contributed by atoms with E-state index in [9.17, 15) is 0 Å². The topological polar surface area (TPSA) is 46.6 Å². The van der Waals surface area contributed by atoms with Crippen molar-refractivity contribution in [3.05, 3.63) is 53.9 Å². The number of aromatic nitrogens is 1. The van der Waals surface area contributed by atoms with Crippen molar-refractivity contribution in [2.24, 2.45) is 0 Å². The van der Waals surface area contributed by atoms with E-state index in [1.165, 1.54) is 5.56 Å². The fraction of sp³-hybridized carbons (Fsp3) is 0.450. The molecular formula is C20H27N3O2. The molecule has 5 heteroatoms. The molecule has 0 aliphatic carbocycles. The molecule has 0 amide bonds. The molecule has 2 aromatic rings. The zero-order valence-corrected chi connectivity index (χ0v) is 15.3. The van der Waals surface area contributed by atoms with E-state index in [-0.39, 0.29) is 5.54 Å². The lowest BCUT2D eigenvalue weighted by Crippen LogP contribution is -2.56. The van der Waals surface area contributed by atoms with Gasteiger partial charge >= 0.3 is 0 Å². The lowest BCUT2D eigenvalue weighted by Gasteiger charge is -2.39. The van der Waals surface area contributed by atoms with Gasteiger partial charge in [0.15, 0.2) is 11.5 Å². The van der Waals surface area contributed by atoms with Gasteiger partial charge in [0, 0.05) is 44.1 Å². The molecule has 1 aliphatic heterocycles. The largest absolute Gasteiger partial charge is 0.493 e. The van der Waals surface area contributed by atoms with Gasteiger partial charge in [0.05, 0.1) is 7.11 Å². The van der Waals surface area contributed by atoms with Crippen LogP contribution < -0.4 is 14.8 Å². The summed E-state index contributed by atoms with van der Waals surface area (Å²) in [6.45, 7) is 9.04. The van der Waals surface area contributed by atoms with Gasteiger partial charge in [-0.15, -0.1) is 0 Å². The fourth-order valence-electron chi connectivity index (χ4n) is 3.21. The molecule has 0 bridgehead atoms. The van der Waals surface area contributed by atoms with Crippen molar-refractivity contribution in [1.82, 2.24) is 15.2 Å². The van der Waals surface area contributed by atoms with E-state index < -0.39 is 0 Å². The number of hydrogen-bond acceptors (Lipinski definition) is 5. The molecule has 1 fully saturated rings.